The second-order valence-corrected chi connectivity index (χ2v) is 5.52. The van der Waals surface area contributed by atoms with E-state index in [0.717, 1.165) is 31.5 Å². The summed E-state index contributed by atoms with van der Waals surface area (Å²) in [6, 6.07) is 6.16. The van der Waals surface area contributed by atoms with E-state index in [9.17, 15) is 14.9 Å². The van der Waals surface area contributed by atoms with Crippen molar-refractivity contribution in [2.45, 2.75) is 25.0 Å². The predicted molar refractivity (Wildman–Crippen MR) is 73.0 cm³/mol. The lowest BCUT2D eigenvalue weighted by Gasteiger charge is -2.49. The summed E-state index contributed by atoms with van der Waals surface area (Å²) in [5, 5.41) is 19.7. The molecule has 2 bridgehead atoms. The Bertz CT molecular complexity index is 551. The molecule has 1 unspecified atom stereocenters. The van der Waals surface area contributed by atoms with Crippen molar-refractivity contribution >= 4 is 11.8 Å². The zero-order valence-electron chi connectivity index (χ0n) is 11.3. The summed E-state index contributed by atoms with van der Waals surface area (Å²) >= 11 is 0. The number of carboxylic acid groups (broad SMARTS) is 1. The quantitative estimate of drug-likeness (QED) is 0.522. The molecule has 0 spiro atoms. The molecule has 3 aliphatic rings. The number of hydrogen-bond acceptors (Lipinski definition) is 5. The Hall–Kier alpha value is -2.15. The summed E-state index contributed by atoms with van der Waals surface area (Å²) in [4.78, 5) is 23.4. The van der Waals surface area contributed by atoms with Crippen molar-refractivity contribution in [1.82, 2.24) is 4.90 Å². The van der Waals surface area contributed by atoms with Gasteiger partial charge in [0.05, 0.1) is 11.0 Å². The molecule has 3 fully saturated rings. The number of nitro benzene ring substituents is 1. The smallest absolute Gasteiger partial charge is 0.450 e. The summed E-state index contributed by atoms with van der Waals surface area (Å²) < 4.78 is 5.11. The molecule has 0 radical (unpaired) electrons. The molecule has 7 heteroatoms. The van der Waals surface area contributed by atoms with Crippen LogP contribution in [0.5, 0.6) is 0 Å². The Morgan fingerprint density at radius 3 is 2.43 bits per heavy atom. The standard InChI is InChI=1S/C14H16N2O5/c17-14(18)21-13-10-5-7-15(8-6-10)12(13)9-1-3-11(4-2-9)16(19)20/h1-4,10,12-13H,5-8H2,(H,17,18)/t12-,13?/m0/s1. The van der Waals surface area contributed by atoms with Gasteiger partial charge >= 0.3 is 6.16 Å². The molecule has 4 rings (SSSR count). The summed E-state index contributed by atoms with van der Waals surface area (Å²) in [5.41, 5.74) is 0.904. The predicted octanol–water partition coefficient (Wildman–Crippen LogP) is 2.42. The maximum absolute atomic E-state index is 10.9. The van der Waals surface area contributed by atoms with Crippen LogP contribution in [0.3, 0.4) is 0 Å². The molecule has 1 aromatic rings. The highest BCUT2D eigenvalue weighted by molar-refractivity contribution is 5.57. The molecular formula is C14H16N2O5. The van der Waals surface area contributed by atoms with Gasteiger partial charge in [0.1, 0.15) is 6.10 Å². The van der Waals surface area contributed by atoms with Crippen LogP contribution in [-0.2, 0) is 4.74 Å². The van der Waals surface area contributed by atoms with E-state index in [-0.39, 0.29) is 17.6 Å². The van der Waals surface area contributed by atoms with E-state index in [2.05, 4.69) is 4.90 Å². The van der Waals surface area contributed by atoms with E-state index in [4.69, 9.17) is 9.84 Å². The largest absolute Gasteiger partial charge is 0.506 e. The summed E-state index contributed by atoms with van der Waals surface area (Å²) in [7, 11) is 0. The van der Waals surface area contributed by atoms with E-state index in [1.807, 2.05) is 0 Å². The fourth-order valence-electron chi connectivity index (χ4n) is 3.46. The van der Waals surface area contributed by atoms with Crippen LogP contribution in [-0.4, -0.2) is 40.3 Å². The Kier molecular flexibility index (Phi) is 3.50. The van der Waals surface area contributed by atoms with Crippen LogP contribution in [0, 0.1) is 16.0 Å². The first kappa shape index (κ1) is 13.8. The average molecular weight is 292 g/mol. The van der Waals surface area contributed by atoms with E-state index in [1.54, 1.807) is 12.1 Å². The normalized spacial score (nSPS) is 30.9. The second kappa shape index (κ2) is 5.33. The number of benzene rings is 1. The number of hydrogen-bond donors (Lipinski definition) is 1. The lowest BCUT2D eigenvalue weighted by molar-refractivity contribution is -0.384. The van der Waals surface area contributed by atoms with E-state index >= 15 is 0 Å². The average Bonchev–Trinajstić information content (AvgIpc) is 2.48. The van der Waals surface area contributed by atoms with Crippen molar-refractivity contribution in [2.75, 3.05) is 13.1 Å². The molecule has 112 valence electrons. The van der Waals surface area contributed by atoms with Crippen molar-refractivity contribution in [3.05, 3.63) is 39.9 Å². The van der Waals surface area contributed by atoms with Crippen molar-refractivity contribution in [2.24, 2.45) is 5.92 Å². The number of nitro groups is 1. The fraction of sp³-hybridized carbons (Fsp3) is 0.500. The summed E-state index contributed by atoms with van der Waals surface area (Å²) in [6.45, 7) is 1.82. The number of nitrogens with zero attached hydrogens (tertiary/aromatic N) is 2. The van der Waals surface area contributed by atoms with E-state index in [1.165, 1.54) is 12.1 Å². The highest BCUT2D eigenvalue weighted by atomic mass is 16.7. The van der Waals surface area contributed by atoms with Crippen LogP contribution < -0.4 is 0 Å². The molecule has 3 heterocycles. The molecule has 21 heavy (non-hydrogen) atoms. The van der Waals surface area contributed by atoms with Gasteiger partial charge in [0.25, 0.3) is 5.69 Å². The third-order valence-corrected chi connectivity index (χ3v) is 4.43. The second-order valence-electron chi connectivity index (χ2n) is 5.52. The van der Waals surface area contributed by atoms with Crippen LogP contribution in [0.15, 0.2) is 24.3 Å². The monoisotopic (exact) mass is 292 g/mol. The summed E-state index contributed by atoms with van der Waals surface area (Å²) in [6.07, 6.45) is 0.204. The minimum absolute atomic E-state index is 0.0328. The van der Waals surface area contributed by atoms with Gasteiger partial charge < -0.3 is 9.84 Å². The minimum atomic E-state index is -1.26. The molecule has 0 saturated carbocycles. The zero-order chi connectivity index (χ0) is 15.0. The molecule has 7 nitrogen and oxygen atoms in total. The molecule has 1 N–H and O–H groups in total. The fourth-order valence-corrected chi connectivity index (χ4v) is 3.46. The van der Waals surface area contributed by atoms with Crippen LogP contribution >= 0.6 is 0 Å². The molecule has 2 atom stereocenters. The topological polar surface area (TPSA) is 92.9 Å². The number of rotatable bonds is 3. The number of fused-ring (bicyclic) bond motifs is 3. The Morgan fingerprint density at radius 2 is 1.90 bits per heavy atom. The van der Waals surface area contributed by atoms with Gasteiger partial charge in [0, 0.05) is 18.1 Å². The third-order valence-electron chi connectivity index (χ3n) is 4.43. The Balaban J connectivity index is 1.89. The SMILES string of the molecule is O=C(O)OC1C2CCN(CC2)[C@H]1c1ccc([N+](=O)[O-])cc1. The minimum Gasteiger partial charge on any atom is -0.450 e. The van der Waals surface area contributed by atoms with Crippen molar-refractivity contribution in [3.8, 4) is 0 Å². The van der Waals surface area contributed by atoms with Crippen LogP contribution in [0.25, 0.3) is 0 Å². The molecule has 0 aliphatic carbocycles. The first-order chi connectivity index (χ1) is 10.1. The van der Waals surface area contributed by atoms with E-state index in [0.29, 0.717) is 0 Å². The maximum atomic E-state index is 10.9. The van der Waals surface area contributed by atoms with Gasteiger partial charge in [-0.05, 0) is 31.5 Å². The van der Waals surface area contributed by atoms with Crippen LogP contribution in [0.2, 0.25) is 0 Å². The molecular weight excluding hydrogens is 276 g/mol. The van der Waals surface area contributed by atoms with Gasteiger partial charge in [0.2, 0.25) is 0 Å². The summed E-state index contributed by atoms with van der Waals surface area (Å²) in [5.74, 6) is 0.228. The Labute approximate surface area is 121 Å². The third kappa shape index (κ3) is 2.56. The van der Waals surface area contributed by atoms with Crippen molar-refractivity contribution < 1.29 is 19.6 Å². The highest BCUT2D eigenvalue weighted by Gasteiger charge is 2.45. The first-order valence-corrected chi connectivity index (χ1v) is 6.94. The molecule has 3 aliphatic heterocycles. The highest BCUT2D eigenvalue weighted by Crippen LogP contribution is 2.42. The maximum Gasteiger partial charge on any atom is 0.506 e. The molecule has 0 aromatic heterocycles. The number of piperidine rings is 3. The number of carbonyl (C=O) groups is 1. The van der Waals surface area contributed by atoms with Gasteiger partial charge in [-0.15, -0.1) is 0 Å². The van der Waals surface area contributed by atoms with Gasteiger partial charge in [-0.3, -0.25) is 15.0 Å². The van der Waals surface area contributed by atoms with E-state index < -0.39 is 17.2 Å². The number of non-ortho nitro benzene ring substituents is 1. The van der Waals surface area contributed by atoms with Gasteiger partial charge in [-0.2, -0.15) is 0 Å². The lowest BCUT2D eigenvalue weighted by atomic mass is 9.78. The van der Waals surface area contributed by atoms with Gasteiger partial charge in [0.15, 0.2) is 0 Å². The van der Waals surface area contributed by atoms with Gasteiger partial charge in [-0.25, -0.2) is 4.79 Å². The first-order valence-electron chi connectivity index (χ1n) is 6.94. The van der Waals surface area contributed by atoms with Crippen molar-refractivity contribution in [3.63, 3.8) is 0 Å². The molecule has 0 amide bonds. The van der Waals surface area contributed by atoms with Crippen LogP contribution in [0.4, 0.5) is 10.5 Å². The molecule has 1 aromatic carbocycles. The molecule has 3 saturated heterocycles. The Morgan fingerprint density at radius 1 is 1.29 bits per heavy atom. The zero-order valence-corrected chi connectivity index (χ0v) is 11.3. The number of ether oxygens (including phenoxy) is 1. The van der Waals surface area contributed by atoms with Crippen LogP contribution in [0.1, 0.15) is 24.4 Å². The van der Waals surface area contributed by atoms with Crippen molar-refractivity contribution in [1.29, 1.82) is 0 Å². The van der Waals surface area contributed by atoms with Gasteiger partial charge in [-0.1, -0.05) is 12.1 Å². The lowest BCUT2D eigenvalue weighted by Crippen LogP contribution is -2.54.